The Morgan fingerprint density at radius 1 is 0.900 bits per heavy atom. The van der Waals surface area contributed by atoms with Crippen LogP contribution in [-0.2, 0) is 21.3 Å². The van der Waals surface area contributed by atoms with Gasteiger partial charge in [-0.1, -0.05) is 24.3 Å². The number of rotatable bonds is 4. The predicted octanol–water partition coefficient (Wildman–Crippen LogP) is 4.21. The lowest BCUT2D eigenvalue weighted by Gasteiger charge is -2.44. The van der Waals surface area contributed by atoms with Gasteiger partial charge in [0.2, 0.25) is 0 Å². The van der Waals surface area contributed by atoms with Gasteiger partial charge >= 0.3 is 0 Å². The maximum atomic E-state index is 5.98. The van der Waals surface area contributed by atoms with Gasteiger partial charge in [-0.15, -0.1) is 0 Å². The fourth-order valence-corrected chi connectivity index (χ4v) is 4.25. The van der Waals surface area contributed by atoms with Gasteiger partial charge in [0.1, 0.15) is 0 Å². The van der Waals surface area contributed by atoms with Crippen LogP contribution in [-0.4, -0.2) is 19.0 Å². The number of hydrogen-bond donors (Lipinski definition) is 0. The molecule has 0 saturated heterocycles. The molecule has 2 aliphatic rings. The summed E-state index contributed by atoms with van der Waals surface area (Å²) in [7, 11) is 0. The van der Waals surface area contributed by atoms with Gasteiger partial charge in [-0.05, 0) is 56.1 Å². The van der Waals surface area contributed by atoms with Gasteiger partial charge in [0.25, 0.3) is 0 Å². The fraction of sp³-hybridized carbons (Fsp3) is 0.667. The molecule has 1 aromatic rings. The molecule has 0 amide bonds. The summed E-state index contributed by atoms with van der Waals surface area (Å²) >= 11 is 0. The van der Waals surface area contributed by atoms with Crippen LogP contribution in [0.5, 0.6) is 0 Å². The predicted molar refractivity (Wildman–Crippen MR) is 80.9 cm³/mol. The minimum atomic E-state index is -0.313. The highest BCUT2D eigenvalue weighted by molar-refractivity contribution is 5.39. The van der Waals surface area contributed by atoms with E-state index in [0.717, 1.165) is 26.1 Å². The molecule has 0 aliphatic heterocycles. The Balaban J connectivity index is 1.78. The third-order valence-corrected chi connectivity index (χ3v) is 5.25. The summed E-state index contributed by atoms with van der Waals surface area (Å²) in [6.07, 6.45) is 7.01. The number of hydrogen-bond acceptors (Lipinski definition) is 2. The van der Waals surface area contributed by atoms with Crippen molar-refractivity contribution in [3.8, 4) is 0 Å². The number of aryl methyl sites for hydroxylation is 1. The average Bonchev–Trinajstić information content (AvgIpc) is 2.83. The van der Waals surface area contributed by atoms with Gasteiger partial charge in [0.05, 0.1) is 0 Å². The lowest BCUT2D eigenvalue weighted by molar-refractivity contribution is -0.253. The minimum absolute atomic E-state index is 0.313. The lowest BCUT2D eigenvalue weighted by atomic mass is 9.68. The SMILES string of the molecule is CCOC1(OCC)CCC2(CCc3ccccc32)CC1. The molecule has 110 valence electrons. The van der Waals surface area contributed by atoms with E-state index < -0.39 is 0 Å². The molecular formula is C18H26O2. The van der Waals surface area contributed by atoms with E-state index in [9.17, 15) is 0 Å². The molecule has 0 heterocycles. The zero-order valence-electron chi connectivity index (χ0n) is 12.8. The van der Waals surface area contributed by atoms with Gasteiger partial charge in [-0.25, -0.2) is 0 Å². The molecule has 0 radical (unpaired) electrons. The van der Waals surface area contributed by atoms with Crippen LogP contribution in [0.1, 0.15) is 57.1 Å². The topological polar surface area (TPSA) is 18.5 Å². The van der Waals surface area contributed by atoms with E-state index in [1.807, 2.05) is 0 Å². The first kappa shape index (κ1) is 14.1. The summed E-state index contributed by atoms with van der Waals surface area (Å²) in [6, 6.07) is 9.01. The third kappa shape index (κ3) is 2.29. The molecule has 20 heavy (non-hydrogen) atoms. The van der Waals surface area contributed by atoms with Crippen molar-refractivity contribution in [2.45, 2.75) is 63.6 Å². The van der Waals surface area contributed by atoms with Crippen LogP contribution < -0.4 is 0 Å². The molecule has 2 nitrogen and oxygen atoms in total. The average molecular weight is 274 g/mol. The Bertz CT molecular complexity index is 450. The highest BCUT2D eigenvalue weighted by Crippen LogP contribution is 2.51. The first-order chi connectivity index (χ1) is 9.74. The molecule has 2 aliphatic carbocycles. The molecule has 3 rings (SSSR count). The number of benzene rings is 1. The second kappa shape index (κ2) is 5.50. The summed E-state index contributed by atoms with van der Waals surface area (Å²) in [5, 5.41) is 0. The number of fused-ring (bicyclic) bond motifs is 2. The van der Waals surface area contributed by atoms with Crippen LogP contribution in [0, 0.1) is 0 Å². The Morgan fingerprint density at radius 2 is 1.55 bits per heavy atom. The van der Waals surface area contributed by atoms with E-state index in [2.05, 4.69) is 38.1 Å². The molecule has 2 heteroatoms. The van der Waals surface area contributed by atoms with Gasteiger partial charge in [0.15, 0.2) is 5.79 Å². The Labute approximate surface area is 122 Å². The van der Waals surface area contributed by atoms with Crippen molar-refractivity contribution >= 4 is 0 Å². The fourth-order valence-electron chi connectivity index (χ4n) is 4.25. The standard InChI is InChI=1S/C18H26O2/c1-3-19-18(20-4-2)13-11-17(12-14-18)10-9-15-7-5-6-8-16(15)17/h5-8H,3-4,9-14H2,1-2H3. The zero-order valence-corrected chi connectivity index (χ0v) is 12.8. The molecule has 0 N–H and O–H groups in total. The van der Waals surface area contributed by atoms with Crippen LogP contribution in [0.15, 0.2) is 24.3 Å². The van der Waals surface area contributed by atoms with E-state index in [1.165, 1.54) is 25.7 Å². The summed E-state index contributed by atoms with van der Waals surface area (Å²) in [6.45, 7) is 5.61. The minimum Gasteiger partial charge on any atom is -0.350 e. The van der Waals surface area contributed by atoms with Crippen molar-refractivity contribution in [3.05, 3.63) is 35.4 Å². The van der Waals surface area contributed by atoms with Crippen molar-refractivity contribution < 1.29 is 9.47 Å². The van der Waals surface area contributed by atoms with Crippen LogP contribution in [0.3, 0.4) is 0 Å². The molecule has 1 spiro atoms. The molecule has 0 unspecified atom stereocenters. The lowest BCUT2D eigenvalue weighted by Crippen LogP contribution is -2.44. The normalized spacial score (nSPS) is 22.9. The van der Waals surface area contributed by atoms with Gasteiger partial charge in [-0.3, -0.25) is 0 Å². The molecule has 1 aromatic carbocycles. The third-order valence-electron chi connectivity index (χ3n) is 5.25. The van der Waals surface area contributed by atoms with Crippen LogP contribution in [0.4, 0.5) is 0 Å². The van der Waals surface area contributed by atoms with Crippen LogP contribution in [0.2, 0.25) is 0 Å². The molecule has 0 atom stereocenters. The van der Waals surface area contributed by atoms with E-state index in [-0.39, 0.29) is 5.79 Å². The highest BCUT2D eigenvalue weighted by Gasteiger charge is 2.47. The summed E-state index contributed by atoms with van der Waals surface area (Å²) in [4.78, 5) is 0. The molecule has 0 bridgehead atoms. The van der Waals surface area contributed by atoms with E-state index in [4.69, 9.17) is 9.47 Å². The maximum Gasteiger partial charge on any atom is 0.168 e. The first-order valence-electron chi connectivity index (χ1n) is 8.10. The van der Waals surface area contributed by atoms with Gasteiger partial charge in [0, 0.05) is 26.1 Å². The van der Waals surface area contributed by atoms with Gasteiger partial charge in [-0.2, -0.15) is 0 Å². The zero-order chi connectivity index (χ0) is 14.1. The monoisotopic (exact) mass is 274 g/mol. The summed E-state index contributed by atoms with van der Waals surface area (Å²) in [5.41, 5.74) is 3.56. The highest BCUT2D eigenvalue weighted by atomic mass is 16.7. The largest absolute Gasteiger partial charge is 0.350 e. The van der Waals surface area contributed by atoms with Crippen molar-refractivity contribution in [2.75, 3.05) is 13.2 Å². The Hall–Kier alpha value is -0.860. The summed E-state index contributed by atoms with van der Waals surface area (Å²) in [5.74, 6) is -0.313. The molecule has 0 aromatic heterocycles. The number of ether oxygens (including phenoxy) is 2. The first-order valence-corrected chi connectivity index (χ1v) is 8.10. The molecule has 1 fully saturated rings. The Morgan fingerprint density at radius 3 is 2.20 bits per heavy atom. The van der Waals surface area contributed by atoms with E-state index in [1.54, 1.807) is 11.1 Å². The van der Waals surface area contributed by atoms with Crippen molar-refractivity contribution in [1.82, 2.24) is 0 Å². The smallest absolute Gasteiger partial charge is 0.168 e. The van der Waals surface area contributed by atoms with Crippen LogP contribution in [0.25, 0.3) is 0 Å². The van der Waals surface area contributed by atoms with Crippen molar-refractivity contribution in [2.24, 2.45) is 0 Å². The van der Waals surface area contributed by atoms with Gasteiger partial charge < -0.3 is 9.47 Å². The quantitative estimate of drug-likeness (QED) is 0.766. The second-order valence-corrected chi connectivity index (χ2v) is 6.21. The summed E-state index contributed by atoms with van der Waals surface area (Å²) < 4.78 is 12.0. The van der Waals surface area contributed by atoms with E-state index >= 15 is 0 Å². The molecule has 1 saturated carbocycles. The van der Waals surface area contributed by atoms with Crippen molar-refractivity contribution in [3.63, 3.8) is 0 Å². The Kier molecular flexibility index (Phi) is 3.87. The van der Waals surface area contributed by atoms with Crippen molar-refractivity contribution in [1.29, 1.82) is 0 Å². The van der Waals surface area contributed by atoms with Crippen LogP contribution >= 0.6 is 0 Å². The maximum absolute atomic E-state index is 5.98. The second-order valence-electron chi connectivity index (χ2n) is 6.21. The van der Waals surface area contributed by atoms with E-state index in [0.29, 0.717) is 5.41 Å². The molecular weight excluding hydrogens is 248 g/mol.